The van der Waals surface area contributed by atoms with Crippen LogP contribution in [0.4, 0.5) is 4.79 Å². The molecule has 0 radical (unpaired) electrons. The second-order valence-corrected chi connectivity index (χ2v) is 2.55. The number of carbonyl (C=O) groups excluding carboxylic acids is 1. The maximum atomic E-state index is 11.5. The van der Waals surface area contributed by atoms with Gasteiger partial charge in [-0.3, -0.25) is 9.47 Å². The van der Waals surface area contributed by atoms with Crippen LogP contribution in [0.5, 0.6) is 0 Å². The molecule has 0 spiro atoms. The monoisotopic (exact) mass is 167 g/mol. The summed E-state index contributed by atoms with van der Waals surface area (Å²) in [6, 6.07) is -0.0787. The molecule has 0 atom stereocenters. The lowest BCUT2D eigenvalue weighted by molar-refractivity contribution is 0.145. The topological polar surface area (TPSA) is 47.4 Å². The van der Waals surface area contributed by atoms with Gasteiger partial charge in [-0.2, -0.15) is 0 Å². The fraction of sp³-hybridized carbons (Fsp3) is 0.429. The molecule has 0 bridgehead atoms. The molecule has 1 amide bonds. The number of hydrogen-bond donors (Lipinski definition) is 0. The van der Waals surface area contributed by atoms with E-state index in [0.29, 0.717) is 19.9 Å². The summed E-state index contributed by atoms with van der Waals surface area (Å²) in [7, 11) is 0. The Bertz CT molecular complexity index is 264. The molecule has 1 aliphatic heterocycles. The van der Waals surface area contributed by atoms with E-state index >= 15 is 0 Å². The first-order valence-electron chi connectivity index (χ1n) is 3.73. The number of aromatic nitrogens is 2. The minimum absolute atomic E-state index is 0.0787. The summed E-state index contributed by atoms with van der Waals surface area (Å²) in [5.74, 6) is 0. The van der Waals surface area contributed by atoms with E-state index in [1.165, 1.54) is 10.9 Å². The summed E-state index contributed by atoms with van der Waals surface area (Å²) < 4.78 is 6.49. The fourth-order valence-electron chi connectivity index (χ4n) is 1.10. The maximum Gasteiger partial charge on any atom is 0.331 e. The standard InChI is InChI=1S/C7H9N3O2/c11-7(9-2-1-8-5-9)10-3-4-12-6-10/h1-2,5H,3-4,6H2. The van der Waals surface area contributed by atoms with Crippen LogP contribution in [0.1, 0.15) is 0 Å². The van der Waals surface area contributed by atoms with Gasteiger partial charge in [0.2, 0.25) is 0 Å². The molecule has 64 valence electrons. The number of nitrogens with zero attached hydrogens (tertiary/aromatic N) is 3. The highest BCUT2D eigenvalue weighted by Crippen LogP contribution is 2.02. The van der Waals surface area contributed by atoms with Gasteiger partial charge in [-0.1, -0.05) is 0 Å². The van der Waals surface area contributed by atoms with Crippen LogP contribution in [0.3, 0.4) is 0 Å². The summed E-state index contributed by atoms with van der Waals surface area (Å²) in [5, 5.41) is 0. The normalized spacial score (nSPS) is 16.8. The Morgan fingerprint density at radius 2 is 2.50 bits per heavy atom. The molecule has 12 heavy (non-hydrogen) atoms. The third-order valence-electron chi connectivity index (χ3n) is 1.75. The Kier molecular flexibility index (Phi) is 1.79. The molecule has 5 nitrogen and oxygen atoms in total. The van der Waals surface area contributed by atoms with Crippen molar-refractivity contribution in [3.8, 4) is 0 Å². The van der Waals surface area contributed by atoms with Crippen LogP contribution in [0.25, 0.3) is 0 Å². The molecule has 2 heterocycles. The quantitative estimate of drug-likeness (QED) is 0.552. The van der Waals surface area contributed by atoms with Gasteiger partial charge in [0.25, 0.3) is 0 Å². The van der Waals surface area contributed by atoms with Gasteiger partial charge in [-0.15, -0.1) is 0 Å². The first-order chi connectivity index (χ1) is 5.88. The Balaban J connectivity index is 2.09. The highest BCUT2D eigenvalue weighted by molar-refractivity contribution is 5.76. The van der Waals surface area contributed by atoms with Gasteiger partial charge in [-0.25, -0.2) is 9.78 Å². The van der Waals surface area contributed by atoms with E-state index in [1.807, 2.05) is 0 Å². The van der Waals surface area contributed by atoms with Crippen LogP contribution >= 0.6 is 0 Å². The van der Waals surface area contributed by atoms with Gasteiger partial charge in [0, 0.05) is 18.9 Å². The first-order valence-corrected chi connectivity index (χ1v) is 3.73. The van der Waals surface area contributed by atoms with E-state index in [9.17, 15) is 4.79 Å². The molecule has 0 aromatic carbocycles. The van der Waals surface area contributed by atoms with Gasteiger partial charge < -0.3 is 4.74 Å². The van der Waals surface area contributed by atoms with Crippen molar-refractivity contribution < 1.29 is 9.53 Å². The lowest BCUT2D eigenvalue weighted by Gasteiger charge is -2.12. The Labute approximate surface area is 69.6 Å². The summed E-state index contributed by atoms with van der Waals surface area (Å²) in [6.07, 6.45) is 4.69. The van der Waals surface area contributed by atoms with Crippen LogP contribution in [0.2, 0.25) is 0 Å². The Hall–Kier alpha value is -1.36. The number of carbonyl (C=O) groups is 1. The number of ether oxygens (including phenoxy) is 1. The lowest BCUT2D eigenvalue weighted by Crippen LogP contribution is -2.31. The first kappa shape index (κ1) is 7.30. The molecular formula is C7H9N3O2. The third-order valence-corrected chi connectivity index (χ3v) is 1.75. The van der Waals surface area contributed by atoms with Gasteiger partial charge in [0.15, 0.2) is 0 Å². The minimum Gasteiger partial charge on any atom is -0.359 e. The van der Waals surface area contributed by atoms with Crippen LogP contribution in [0, 0.1) is 0 Å². The molecule has 0 aliphatic carbocycles. The highest BCUT2D eigenvalue weighted by atomic mass is 16.5. The molecule has 1 aromatic heterocycles. The number of imidazole rings is 1. The van der Waals surface area contributed by atoms with Crippen LogP contribution in [-0.4, -0.2) is 40.4 Å². The summed E-state index contributed by atoms with van der Waals surface area (Å²) in [4.78, 5) is 16.9. The van der Waals surface area contributed by atoms with E-state index in [2.05, 4.69) is 4.98 Å². The average molecular weight is 167 g/mol. The second kappa shape index (κ2) is 2.94. The molecule has 1 aliphatic rings. The predicted octanol–water partition coefficient (Wildman–Crippen LogP) is 0.141. The number of rotatable bonds is 0. The van der Waals surface area contributed by atoms with Crippen molar-refractivity contribution in [3.05, 3.63) is 18.7 Å². The fourth-order valence-corrected chi connectivity index (χ4v) is 1.10. The maximum absolute atomic E-state index is 11.5. The van der Waals surface area contributed by atoms with Crippen LogP contribution in [0.15, 0.2) is 18.7 Å². The zero-order valence-electron chi connectivity index (χ0n) is 6.51. The summed E-state index contributed by atoms with van der Waals surface area (Å²) in [6.45, 7) is 1.68. The van der Waals surface area contributed by atoms with Crippen molar-refractivity contribution >= 4 is 6.03 Å². The Morgan fingerprint density at radius 1 is 1.58 bits per heavy atom. The number of amides is 1. The lowest BCUT2D eigenvalue weighted by atomic mass is 10.6. The van der Waals surface area contributed by atoms with E-state index in [0.717, 1.165) is 0 Å². The smallest absolute Gasteiger partial charge is 0.331 e. The van der Waals surface area contributed by atoms with E-state index < -0.39 is 0 Å². The van der Waals surface area contributed by atoms with E-state index in [1.54, 1.807) is 17.3 Å². The zero-order chi connectivity index (χ0) is 8.39. The average Bonchev–Trinajstić information content (AvgIpc) is 2.77. The van der Waals surface area contributed by atoms with Crippen molar-refractivity contribution in [1.82, 2.24) is 14.5 Å². The second-order valence-electron chi connectivity index (χ2n) is 2.55. The Morgan fingerprint density at radius 3 is 3.08 bits per heavy atom. The highest BCUT2D eigenvalue weighted by Gasteiger charge is 2.18. The van der Waals surface area contributed by atoms with Crippen molar-refractivity contribution in [2.24, 2.45) is 0 Å². The largest absolute Gasteiger partial charge is 0.359 e. The third kappa shape index (κ3) is 1.18. The number of hydrogen-bond acceptors (Lipinski definition) is 3. The zero-order valence-corrected chi connectivity index (χ0v) is 6.51. The van der Waals surface area contributed by atoms with Crippen molar-refractivity contribution in [2.45, 2.75) is 0 Å². The molecule has 0 N–H and O–H groups in total. The van der Waals surface area contributed by atoms with Gasteiger partial charge in [0.05, 0.1) is 6.61 Å². The van der Waals surface area contributed by atoms with Crippen molar-refractivity contribution in [1.29, 1.82) is 0 Å². The summed E-state index contributed by atoms with van der Waals surface area (Å²) in [5.41, 5.74) is 0. The SMILES string of the molecule is O=C(N1CCOC1)n1ccnc1. The van der Waals surface area contributed by atoms with Crippen molar-refractivity contribution in [3.63, 3.8) is 0 Å². The molecule has 2 rings (SSSR count). The molecule has 0 unspecified atom stereocenters. The summed E-state index contributed by atoms with van der Waals surface area (Å²) >= 11 is 0. The molecule has 1 fully saturated rings. The van der Waals surface area contributed by atoms with E-state index in [4.69, 9.17) is 4.74 Å². The van der Waals surface area contributed by atoms with Crippen molar-refractivity contribution in [2.75, 3.05) is 19.9 Å². The van der Waals surface area contributed by atoms with Gasteiger partial charge in [0.1, 0.15) is 13.1 Å². The molecule has 5 heteroatoms. The van der Waals surface area contributed by atoms with Gasteiger partial charge >= 0.3 is 6.03 Å². The minimum atomic E-state index is -0.0787. The molecule has 1 aromatic rings. The van der Waals surface area contributed by atoms with E-state index in [-0.39, 0.29) is 6.03 Å². The predicted molar refractivity (Wildman–Crippen MR) is 40.5 cm³/mol. The molecule has 0 saturated carbocycles. The molecule has 1 saturated heterocycles. The van der Waals surface area contributed by atoms with Crippen LogP contribution < -0.4 is 0 Å². The van der Waals surface area contributed by atoms with Crippen LogP contribution in [-0.2, 0) is 4.74 Å². The molecular weight excluding hydrogens is 158 g/mol. The van der Waals surface area contributed by atoms with Gasteiger partial charge in [-0.05, 0) is 0 Å².